The Labute approximate surface area is 144 Å². The second-order valence-electron chi connectivity index (χ2n) is 6.92. The molecule has 0 radical (unpaired) electrons. The summed E-state index contributed by atoms with van der Waals surface area (Å²) in [5.41, 5.74) is -1.84. The fourth-order valence-electron chi connectivity index (χ4n) is 3.25. The van der Waals surface area contributed by atoms with E-state index in [1.54, 1.807) is 6.92 Å². The van der Waals surface area contributed by atoms with Crippen LogP contribution in [0.25, 0.3) is 0 Å². The zero-order valence-corrected chi connectivity index (χ0v) is 14.8. The molecule has 0 heterocycles. The highest BCUT2D eigenvalue weighted by Gasteiger charge is 2.61. The molecule has 0 spiro atoms. The lowest BCUT2D eigenvalue weighted by Gasteiger charge is -2.12. The topological polar surface area (TPSA) is 26.3 Å². The maximum absolute atomic E-state index is 14.1. The summed E-state index contributed by atoms with van der Waals surface area (Å²) in [4.78, 5) is 12.2. The molecule has 0 aliphatic heterocycles. The van der Waals surface area contributed by atoms with E-state index in [1.807, 2.05) is 32.9 Å². The van der Waals surface area contributed by atoms with Crippen LogP contribution in [0.2, 0.25) is 0 Å². The molecule has 2 nitrogen and oxygen atoms in total. The summed E-state index contributed by atoms with van der Waals surface area (Å²) < 4.78 is 60.9. The summed E-state index contributed by atoms with van der Waals surface area (Å²) in [6.07, 6.45) is 3.90. The summed E-state index contributed by atoms with van der Waals surface area (Å²) >= 11 is 0. The molecule has 25 heavy (non-hydrogen) atoms. The number of ether oxygens (including phenoxy) is 1. The van der Waals surface area contributed by atoms with Crippen LogP contribution in [0.5, 0.6) is 0 Å². The minimum atomic E-state index is -1.50. The van der Waals surface area contributed by atoms with Crippen LogP contribution in [-0.2, 0) is 22.6 Å². The van der Waals surface area contributed by atoms with E-state index >= 15 is 0 Å². The van der Waals surface area contributed by atoms with E-state index in [2.05, 4.69) is 0 Å². The van der Waals surface area contributed by atoms with Crippen LogP contribution in [0.1, 0.15) is 45.2 Å². The van der Waals surface area contributed by atoms with Crippen LogP contribution >= 0.6 is 0 Å². The van der Waals surface area contributed by atoms with Gasteiger partial charge >= 0.3 is 5.97 Å². The first-order valence-electron chi connectivity index (χ1n) is 8.31. The molecule has 1 aliphatic rings. The van der Waals surface area contributed by atoms with Gasteiger partial charge in [0.05, 0.1) is 11.5 Å². The number of carbonyl (C=O) groups excluding carboxylic acids is 1. The molecule has 2 rings (SSSR count). The highest BCUT2D eigenvalue weighted by molar-refractivity contribution is 5.78. The zero-order valence-electron chi connectivity index (χ0n) is 14.8. The predicted octanol–water partition coefficient (Wildman–Crippen LogP) is 5.09. The molecule has 0 unspecified atom stereocenters. The van der Waals surface area contributed by atoms with Crippen LogP contribution in [0, 0.1) is 40.5 Å². The van der Waals surface area contributed by atoms with Gasteiger partial charge in [-0.1, -0.05) is 39.3 Å². The minimum Gasteiger partial charge on any atom is -0.460 e. The van der Waals surface area contributed by atoms with Gasteiger partial charge in [-0.3, -0.25) is 4.79 Å². The second kappa shape index (κ2) is 7.18. The summed E-state index contributed by atoms with van der Waals surface area (Å²) in [7, 11) is 0. The molecule has 0 saturated heterocycles. The molecular formula is C19H22F4O2. The number of rotatable bonds is 6. The normalized spacial score (nSPS) is 21.6. The Balaban J connectivity index is 2.18. The largest absolute Gasteiger partial charge is 0.460 e. The average Bonchev–Trinajstić information content (AvgIpc) is 3.10. The number of esters is 1. The molecule has 0 bridgehead atoms. The zero-order chi connectivity index (χ0) is 18.9. The molecule has 1 saturated carbocycles. The number of hydrogen-bond acceptors (Lipinski definition) is 2. The summed E-state index contributed by atoms with van der Waals surface area (Å²) in [5.74, 6) is -6.96. The standard InChI is InChI=1S/C19H22F4O2/c1-5-7-10-14(20)16(22)11(17(23)15(10)21)9-25-18(24)13-12(8-6-2)19(13,3)4/h6,8,12-13H,5,7,9H2,1-4H3/b8-6-/t12-,13+/m1/s1. The van der Waals surface area contributed by atoms with Gasteiger partial charge in [-0.2, -0.15) is 0 Å². The van der Waals surface area contributed by atoms with Gasteiger partial charge < -0.3 is 4.74 Å². The van der Waals surface area contributed by atoms with E-state index in [4.69, 9.17) is 4.74 Å². The van der Waals surface area contributed by atoms with Gasteiger partial charge in [-0.05, 0) is 24.7 Å². The van der Waals surface area contributed by atoms with E-state index in [0.717, 1.165) is 0 Å². The third-order valence-electron chi connectivity index (χ3n) is 4.87. The number of benzene rings is 1. The van der Waals surface area contributed by atoms with E-state index in [9.17, 15) is 22.4 Å². The Morgan fingerprint density at radius 1 is 1.08 bits per heavy atom. The van der Waals surface area contributed by atoms with Gasteiger partial charge in [0, 0.05) is 5.56 Å². The Kier molecular flexibility index (Phi) is 5.59. The Morgan fingerprint density at radius 2 is 1.60 bits per heavy atom. The van der Waals surface area contributed by atoms with Crippen LogP contribution in [-0.4, -0.2) is 5.97 Å². The van der Waals surface area contributed by atoms with Crippen molar-refractivity contribution in [2.24, 2.45) is 17.3 Å². The molecule has 1 aliphatic carbocycles. The van der Waals surface area contributed by atoms with E-state index in [-0.39, 0.29) is 17.8 Å². The molecule has 0 N–H and O–H groups in total. The lowest BCUT2D eigenvalue weighted by atomic mass is 10.0. The quantitative estimate of drug-likeness (QED) is 0.307. The summed E-state index contributed by atoms with van der Waals surface area (Å²) in [5, 5.41) is 0. The Bertz CT molecular complexity index is 681. The molecular weight excluding hydrogens is 336 g/mol. The van der Waals surface area contributed by atoms with Gasteiger partial charge in [0.15, 0.2) is 23.3 Å². The van der Waals surface area contributed by atoms with Crippen LogP contribution in [0.15, 0.2) is 12.2 Å². The lowest BCUT2D eigenvalue weighted by molar-refractivity contribution is -0.147. The van der Waals surface area contributed by atoms with Crippen molar-refractivity contribution < 1.29 is 27.1 Å². The van der Waals surface area contributed by atoms with Crippen molar-refractivity contribution in [2.45, 2.75) is 47.1 Å². The highest BCUT2D eigenvalue weighted by atomic mass is 19.2. The van der Waals surface area contributed by atoms with Crippen molar-refractivity contribution in [2.75, 3.05) is 0 Å². The first-order chi connectivity index (χ1) is 11.7. The molecule has 1 fully saturated rings. The van der Waals surface area contributed by atoms with Crippen molar-refractivity contribution in [3.05, 3.63) is 46.5 Å². The maximum Gasteiger partial charge on any atom is 0.310 e. The van der Waals surface area contributed by atoms with Gasteiger partial charge in [0.25, 0.3) is 0 Å². The average molecular weight is 358 g/mol. The van der Waals surface area contributed by atoms with Crippen molar-refractivity contribution in [1.82, 2.24) is 0 Å². The molecule has 2 atom stereocenters. The molecule has 1 aromatic rings. The van der Waals surface area contributed by atoms with Gasteiger partial charge in [0.1, 0.15) is 6.61 Å². The van der Waals surface area contributed by atoms with E-state index in [0.29, 0.717) is 6.42 Å². The maximum atomic E-state index is 14.1. The second-order valence-corrected chi connectivity index (χ2v) is 6.92. The van der Waals surface area contributed by atoms with Crippen molar-refractivity contribution in [3.8, 4) is 0 Å². The van der Waals surface area contributed by atoms with Gasteiger partial charge in [-0.15, -0.1) is 0 Å². The summed E-state index contributed by atoms with van der Waals surface area (Å²) in [6.45, 7) is 6.38. The number of allylic oxidation sites excluding steroid dienone is 2. The molecule has 0 amide bonds. The van der Waals surface area contributed by atoms with Crippen LogP contribution in [0.3, 0.4) is 0 Å². The predicted molar refractivity (Wildman–Crippen MR) is 85.6 cm³/mol. The molecule has 1 aromatic carbocycles. The third kappa shape index (κ3) is 3.44. The van der Waals surface area contributed by atoms with Crippen LogP contribution < -0.4 is 0 Å². The highest BCUT2D eigenvalue weighted by Crippen LogP contribution is 2.59. The fourth-order valence-corrected chi connectivity index (χ4v) is 3.25. The minimum absolute atomic E-state index is 0.0277. The SMILES string of the molecule is C/C=C\[C@@H]1[C@@H](C(=O)OCc2c(F)c(F)c(CCC)c(F)c2F)C1(C)C. The Hall–Kier alpha value is -1.85. The fraction of sp³-hybridized carbons (Fsp3) is 0.526. The smallest absolute Gasteiger partial charge is 0.310 e. The van der Waals surface area contributed by atoms with E-state index < -0.39 is 52.9 Å². The number of hydrogen-bond donors (Lipinski definition) is 0. The van der Waals surface area contributed by atoms with Crippen LogP contribution in [0.4, 0.5) is 17.6 Å². The summed E-state index contributed by atoms with van der Waals surface area (Å²) in [6, 6.07) is 0. The van der Waals surface area contributed by atoms with Gasteiger partial charge in [0.2, 0.25) is 0 Å². The molecule has 138 valence electrons. The molecule has 6 heteroatoms. The third-order valence-corrected chi connectivity index (χ3v) is 4.87. The number of halogens is 4. The molecule has 0 aromatic heterocycles. The van der Waals surface area contributed by atoms with Crippen molar-refractivity contribution >= 4 is 5.97 Å². The lowest BCUT2D eigenvalue weighted by Crippen LogP contribution is -2.14. The van der Waals surface area contributed by atoms with E-state index in [1.165, 1.54) is 0 Å². The number of carbonyl (C=O) groups is 1. The van der Waals surface area contributed by atoms with Crippen molar-refractivity contribution in [3.63, 3.8) is 0 Å². The first-order valence-corrected chi connectivity index (χ1v) is 8.31. The monoisotopic (exact) mass is 358 g/mol. The van der Waals surface area contributed by atoms with Crippen molar-refractivity contribution in [1.29, 1.82) is 0 Å². The Morgan fingerprint density at radius 3 is 2.08 bits per heavy atom. The first kappa shape index (κ1) is 19.5. The van der Waals surface area contributed by atoms with Gasteiger partial charge in [-0.25, -0.2) is 17.6 Å².